The van der Waals surface area contributed by atoms with Crippen LogP contribution in [0.4, 0.5) is 10.5 Å². The van der Waals surface area contributed by atoms with Crippen LogP contribution in [0.2, 0.25) is 0 Å². The molecule has 5 nitrogen and oxygen atoms in total. The number of hydrogen-bond acceptors (Lipinski definition) is 3. The summed E-state index contributed by atoms with van der Waals surface area (Å²) >= 11 is 3.36. The molecule has 0 saturated carbocycles. The number of imidazole rings is 1. The number of anilines is 1. The topological polar surface area (TPSA) is 61.9 Å². The van der Waals surface area contributed by atoms with Crippen LogP contribution in [0.3, 0.4) is 0 Å². The van der Waals surface area contributed by atoms with Gasteiger partial charge in [-0.05, 0) is 40.0 Å². The summed E-state index contributed by atoms with van der Waals surface area (Å²) < 4.78 is 2.20. The molecular weight excluding hydrogens is 308 g/mol. The fourth-order valence-corrected chi connectivity index (χ4v) is 2.68. The Kier molecular flexibility index (Phi) is 2.84. The molecule has 1 aromatic carbocycles. The molecule has 0 fully saturated rings. The van der Waals surface area contributed by atoms with Gasteiger partial charge in [0.05, 0.1) is 11.3 Å². The van der Waals surface area contributed by atoms with Crippen LogP contribution in [0.1, 0.15) is 11.1 Å². The Balaban J connectivity index is 2.03. The lowest BCUT2D eigenvalue weighted by atomic mass is 10.1. The standard InChI is InChI=1S/C13H9BrN4O/c14-11-5-9-1-3-18(12(9)6-10(11)7-15)13(19)17-4-2-16-8-17/h2,4-6,8H,1,3H2. The predicted molar refractivity (Wildman–Crippen MR) is 72.9 cm³/mol. The summed E-state index contributed by atoms with van der Waals surface area (Å²) in [5.41, 5.74) is 2.40. The van der Waals surface area contributed by atoms with Crippen molar-refractivity contribution in [3.05, 3.63) is 46.5 Å². The highest BCUT2D eigenvalue weighted by Gasteiger charge is 2.26. The molecule has 0 aliphatic carbocycles. The molecular formula is C13H9BrN4O. The molecule has 2 aromatic rings. The maximum absolute atomic E-state index is 12.3. The number of hydrogen-bond donors (Lipinski definition) is 0. The van der Waals surface area contributed by atoms with E-state index in [0.29, 0.717) is 12.1 Å². The van der Waals surface area contributed by atoms with Gasteiger partial charge in [0, 0.05) is 23.4 Å². The Labute approximate surface area is 118 Å². The lowest BCUT2D eigenvalue weighted by Gasteiger charge is -2.17. The third-order valence-corrected chi connectivity index (χ3v) is 3.80. The highest BCUT2D eigenvalue weighted by Crippen LogP contribution is 2.33. The second-order valence-corrected chi connectivity index (χ2v) is 5.08. The van der Waals surface area contributed by atoms with Gasteiger partial charge in [-0.15, -0.1) is 0 Å². The van der Waals surface area contributed by atoms with Crippen LogP contribution < -0.4 is 4.90 Å². The first kappa shape index (κ1) is 11.9. The molecule has 0 atom stereocenters. The van der Waals surface area contributed by atoms with Gasteiger partial charge in [-0.1, -0.05) is 0 Å². The first-order chi connectivity index (χ1) is 9.20. The maximum atomic E-state index is 12.3. The van der Waals surface area contributed by atoms with E-state index in [-0.39, 0.29) is 6.03 Å². The average molecular weight is 317 g/mol. The number of nitrogens with zero attached hydrogens (tertiary/aromatic N) is 4. The number of benzene rings is 1. The Bertz CT molecular complexity index is 687. The van der Waals surface area contributed by atoms with Crippen LogP contribution in [0.25, 0.3) is 0 Å². The molecule has 0 bridgehead atoms. The quantitative estimate of drug-likeness (QED) is 0.750. The molecule has 6 heteroatoms. The van der Waals surface area contributed by atoms with Gasteiger partial charge in [0.1, 0.15) is 12.4 Å². The molecule has 1 aromatic heterocycles. The first-order valence-electron chi connectivity index (χ1n) is 5.73. The van der Waals surface area contributed by atoms with E-state index in [2.05, 4.69) is 27.0 Å². The monoisotopic (exact) mass is 316 g/mol. The molecule has 1 amide bonds. The molecule has 19 heavy (non-hydrogen) atoms. The summed E-state index contributed by atoms with van der Waals surface area (Å²) in [4.78, 5) is 17.9. The van der Waals surface area contributed by atoms with E-state index >= 15 is 0 Å². The van der Waals surface area contributed by atoms with E-state index in [1.165, 1.54) is 10.9 Å². The zero-order valence-electron chi connectivity index (χ0n) is 9.88. The second kappa shape index (κ2) is 4.52. The van der Waals surface area contributed by atoms with Crippen molar-refractivity contribution in [1.29, 1.82) is 5.26 Å². The van der Waals surface area contributed by atoms with Gasteiger partial charge in [0.2, 0.25) is 0 Å². The van der Waals surface area contributed by atoms with Crippen molar-refractivity contribution in [3.8, 4) is 6.07 Å². The molecule has 0 N–H and O–H groups in total. The molecule has 0 unspecified atom stereocenters. The van der Waals surface area contributed by atoms with Crippen molar-refractivity contribution in [2.45, 2.75) is 6.42 Å². The summed E-state index contributed by atoms with van der Waals surface area (Å²) in [6.45, 7) is 0.619. The number of carbonyl (C=O) groups excluding carboxylic acids is 1. The summed E-state index contributed by atoms with van der Waals surface area (Å²) in [5.74, 6) is 0. The van der Waals surface area contributed by atoms with E-state index in [1.54, 1.807) is 23.4 Å². The van der Waals surface area contributed by atoms with E-state index in [0.717, 1.165) is 22.1 Å². The minimum atomic E-state index is -0.150. The first-order valence-corrected chi connectivity index (χ1v) is 6.52. The van der Waals surface area contributed by atoms with Crippen LogP contribution >= 0.6 is 15.9 Å². The molecule has 0 spiro atoms. The fourth-order valence-electron chi connectivity index (χ4n) is 2.20. The van der Waals surface area contributed by atoms with Crippen molar-refractivity contribution in [3.63, 3.8) is 0 Å². The zero-order valence-corrected chi connectivity index (χ0v) is 11.5. The minimum absolute atomic E-state index is 0.150. The number of rotatable bonds is 0. The maximum Gasteiger partial charge on any atom is 0.333 e. The van der Waals surface area contributed by atoms with Gasteiger partial charge in [-0.2, -0.15) is 5.26 Å². The highest BCUT2D eigenvalue weighted by molar-refractivity contribution is 9.10. The molecule has 0 saturated heterocycles. The Morgan fingerprint density at radius 3 is 3.00 bits per heavy atom. The van der Waals surface area contributed by atoms with Crippen LogP contribution in [0, 0.1) is 11.3 Å². The number of halogens is 1. The number of amides is 1. The average Bonchev–Trinajstić information content (AvgIpc) is 3.06. The number of aromatic nitrogens is 2. The van der Waals surface area contributed by atoms with Crippen LogP contribution in [0.15, 0.2) is 35.3 Å². The number of carbonyl (C=O) groups is 1. The predicted octanol–water partition coefficient (Wildman–Crippen LogP) is 2.55. The van der Waals surface area contributed by atoms with Crippen molar-refractivity contribution < 1.29 is 4.79 Å². The number of fused-ring (bicyclic) bond motifs is 1. The molecule has 2 heterocycles. The van der Waals surface area contributed by atoms with E-state index < -0.39 is 0 Å². The largest absolute Gasteiger partial charge is 0.333 e. The fraction of sp³-hybridized carbons (Fsp3) is 0.154. The summed E-state index contributed by atoms with van der Waals surface area (Å²) in [6, 6.07) is 5.63. The van der Waals surface area contributed by atoms with Gasteiger partial charge >= 0.3 is 6.03 Å². The minimum Gasteiger partial charge on any atom is -0.293 e. The summed E-state index contributed by atoms with van der Waals surface area (Å²) in [7, 11) is 0. The van der Waals surface area contributed by atoms with Crippen molar-refractivity contribution in [2.75, 3.05) is 11.4 Å². The van der Waals surface area contributed by atoms with Crippen LogP contribution in [0.5, 0.6) is 0 Å². The summed E-state index contributed by atoms with van der Waals surface area (Å²) in [6.07, 6.45) is 5.45. The van der Waals surface area contributed by atoms with E-state index in [9.17, 15) is 4.79 Å². The highest BCUT2D eigenvalue weighted by atomic mass is 79.9. The van der Waals surface area contributed by atoms with Gasteiger partial charge in [-0.3, -0.25) is 9.47 Å². The number of nitriles is 1. The van der Waals surface area contributed by atoms with Crippen molar-refractivity contribution in [2.24, 2.45) is 0 Å². The lowest BCUT2D eigenvalue weighted by molar-refractivity contribution is 0.248. The van der Waals surface area contributed by atoms with Gasteiger partial charge in [0.15, 0.2) is 0 Å². The molecule has 1 aliphatic heterocycles. The molecule has 1 aliphatic rings. The molecule has 3 rings (SSSR count). The smallest absolute Gasteiger partial charge is 0.293 e. The van der Waals surface area contributed by atoms with Crippen LogP contribution in [-0.4, -0.2) is 22.1 Å². The van der Waals surface area contributed by atoms with Gasteiger partial charge in [0.25, 0.3) is 0 Å². The third kappa shape index (κ3) is 1.92. The van der Waals surface area contributed by atoms with Crippen molar-refractivity contribution >= 4 is 27.6 Å². The normalized spacial score (nSPS) is 13.2. The Hall–Kier alpha value is -2.13. The summed E-state index contributed by atoms with van der Waals surface area (Å²) in [5, 5.41) is 9.06. The van der Waals surface area contributed by atoms with Gasteiger partial charge < -0.3 is 0 Å². The van der Waals surface area contributed by atoms with E-state index in [4.69, 9.17) is 5.26 Å². The third-order valence-electron chi connectivity index (χ3n) is 3.14. The van der Waals surface area contributed by atoms with E-state index in [1.807, 2.05) is 6.07 Å². The molecule has 0 radical (unpaired) electrons. The van der Waals surface area contributed by atoms with Gasteiger partial charge in [-0.25, -0.2) is 9.78 Å². The Morgan fingerprint density at radius 1 is 1.47 bits per heavy atom. The second-order valence-electron chi connectivity index (χ2n) is 4.23. The zero-order chi connectivity index (χ0) is 13.4. The lowest BCUT2D eigenvalue weighted by Crippen LogP contribution is -2.32. The SMILES string of the molecule is N#Cc1cc2c(cc1Br)CCN2C(=O)n1ccnc1. The molecule has 94 valence electrons. The Morgan fingerprint density at radius 2 is 2.32 bits per heavy atom. The van der Waals surface area contributed by atoms with Crippen molar-refractivity contribution in [1.82, 2.24) is 9.55 Å². The van der Waals surface area contributed by atoms with Crippen LogP contribution in [-0.2, 0) is 6.42 Å².